The van der Waals surface area contributed by atoms with Gasteiger partial charge in [-0.15, -0.1) is 11.3 Å². The van der Waals surface area contributed by atoms with Gasteiger partial charge in [-0.05, 0) is 17.7 Å². The van der Waals surface area contributed by atoms with Gasteiger partial charge in [0.25, 0.3) is 5.91 Å². The van der Waals surface area contributed by atoms with Crippen LogP contribution < -0.4 is 4.90 Å². The van der Waals surface area contributed by atoms with Crippen LogP contribution in [0.5, 0.6) is 0 Å². The molecule has 0 bridgehead atoms. The molecule has 2 N–H and O–H groups in total. The van der Waals surface area contributed by atoms with Crippen LogP contribution in [-0.4, -0.2) is 63.7 Å². The molecule has 1 unspecified atom stereocenters. The largest absolute Gasteiger partial charge is 0.429 e. The molecule has 39 heavy (non-hydrogen) atoms. The van der Waals surface area contributed by atoms with E-state index in [0.29, 0.717) is 33.6 Å². The number of aromatic nitrogens is 3. The van der Waals surface area contributed by atoms with Crippen LogP contribution in [0.25, 0.3) is 0 Å². The SMILES string of the molecule is N=C(Cc1ccc(Cl)c(Cl)c1)OC(=N)C1CN(C(=O)c2cncs2)CC12CN(c1ncc(C(F)(F)F)cn1)C2. The first kappa shape index (κ1) is 27.3. The summed E-state index contributed by atoms with van der Waals surface area (Å²) in [6, 6.07) is 4.93. The Kier molecular flexibility index (Phi) is 7.25. The normalized spacial score (nSPS) is 18.2. The minimum absolute atomic E-state index is 0.0774. The third kappa shape index (κ3) is 5.56. The first-order chi connectivity index (χ1) is 18.4. The monoisotopic (exact) mass is 597 g/mol. The Morgan fingerprint density at radius 1 is 1.13 bits per heavy atom. The van der Waals surface area contributed by atoms with Gasteiger partial charge in [0, 0.05) is 50.4 Å². The summed E-state index contributed by atoms with van der Waals surface area (Å²) in [6.07, 6.45) is -1.53. The summed E-state index contributed by atoms with van der Waals surface area (Å²) in [5.41, 5.74) is 0.656. The molecule has 15 heteroatoms. The van der Waals surface area contributed by atoms with Crippen molar-refractivity contribution < 1.29 is 22.7 Å². The zero-order chi connectivity index (χ0) is 27.9. The van der Waals surface area contributed by atoms with Crippen molar-refractivity contribution in [1.82, 2.24) is 19.9 Å². The quantitative estimate of drug-likeness (QED) is 0.314. The van der Waals surface area contributed by atoms with Crippen LogP contribution in [0.15, 0.2) is 42.3 Å². The van der Waals surface area contributed by atoms with Crippen LogP contribution in [0.4, 0.5) is 19.1 Å². The predicted octanol–water partition coefficient (Wildman–Crippen LogP) is 5.05. The second kappa shape index (κ2) is 10.4. The van der Waals surface area contributed by atoms with Crippen LogP contribution in [0.1, 0.15) is 20.8 Å². The number of likely N-dealkylation sites (tertiary alicyclic amines) is 1. The molecule has 2 aliphatic rings. The summed E-state index contributed by atoms with van der Waals surface area (Å²) in [4.78, 5) is 28.5. The number of hydrogen-bond donors (Lipinski definition) is 2. The van der Waals surface area contributed by atoms with E-state index in [1.54, 1.807) is 33.5 Å². The molecule has 5 rings (SSSR count). The van der Waals surface area contributed by atoms with Gasteiger partial charge >= 0.3 is 6.18 Å². The van der Waals surface area contributed by atoms with Crippen molar-refractivity contribution in [2.24, 2.45) is 11.3 Å². The number of nitrogens with one attached hydrogen (secondary N) is 2. The van der Waals surface area contributed by atoms with Crippen molar-refractivity contribution in [2.75, 3.05) is 31.1 Å². The number of amides is 1. The van der Waals surface area contributed by atoms with Crippen LogP contribution in [-0.2, 0) is 17.3 Å². The number of carbonyl (C=O) groups is 1. The van der Waals surface area contributed by atoms with Crippen LogP contribution in [0.2, 0.25) is 10.0 Å². The number of carbonyl (C=O) groups excluding carboxylic acids is 1. The minimum atomic E-state index is -4.54. The molecule has 1 spiro atoms. The fourth-order valence-corrected chi connectivity index (χ4v) is 5.75. The second-order valence-electron chi connectivity index (χ2n) is 9.41. The van der Waals surface area contributed by atoms with Crippen LogP contribution in [0.3, 0.4) is 0 Å². The highest BCUT2D eigenvalue weighted by Gasteiger charge is 2.58. The molecule has 1 atom stereocenters. The van der Waals surface area contributed by atoms with E-state index in [4.69, 9.17) is 38.8 Å². The van der Waals surface area contributed by atoms with E-state index < -0.39 is 23.1 Å². The molecule has 204 valence electrons. The van der Waals surface area contributed by atoms with E-state index in [0.717, 1.165) is 12.4 Å². The fourth-order valence-electron chi connectivity index (χ4n) is 4.84. The average molecular weight is 598 g/mol. The third-order valence-corrected chi connectivity index (χ3v) is 8.24. The Morgan fingerprint density at radius 2 is 1.85 bits per heavy atom. The Morgan fingerprint density at radius 3 is 2.46 bits per heavy atom. The topological polar surface area (TPSA) is 119 Å². The molecule has 1 amide bonds. The van der Waals surface area contributed by atoms with Crippen molar-refractivity contribution in [3.05, 3.63) is 68.3 Å². The van der Waals surface area contributed by atoms with Crippen molar-refractivity contribution >= 4 is 58.2 Å². The van der Waals surface area contributed by atoms with Gasteiger partial charge in [-0.3, -0.25) is 20.6 Å². The molecule has 0 aliphatic carbocycles. The highest BCUT2D eigenvalue weighted by molar-refractivity contribution is 7.11. The van der Waals surface area contributed by atoms with E-state index in [2.05, 4.69) is 15.0 Å². The summed E-state index contributed by atoms with van der Waals surface area (Å²) in [5.74, 6) is -1.02. The Balaban J connectivity index is 1.31. The summed E-state index contributed by atoms with van der Waals surface area (Å²) >= 11 is 13.2. The molecule has 2 aliphatic heterocycles. The number of halogens is 5. The molecule has 2 aromatic heterocycles. The smallest absolute Gasteiger partial charge is 0.419 e. The van der Waals surface area contributed by atoms with E-state index in [9.17, 15) is 18.0 Å². The van der Waals surface area contributed by atoms with Gasteiger partial charge in [0.1, 0.15) is 4.88 Å². The maximum absolute atomic E-state index is 13.1. The highest BCUT2D eigenvalue weighted by atomic mass is 35.5. The Labute approximate surface area is 234 Å². The van der Waals surface area contributed by atoms with E-state index in [1.807, 2.05) is 0 Å². The molecule has 0 saturated carbocycles. The second-order valence-corrected chi connectivity index (χ2v) is 11.1. The molecule has 0 radical (unpaired) electrons. The number of alkyl halides is 3. The molecule has 2 fully saturated rings. The van der Waals surface area contributed by atoms with E-state index >= 15 is 0 Å². The van der Waals surface area contributed by atoms with Gasteiger partial charge in [0.05, 0.1) is 33.2 Å². The Bertz CT molecular complexity index is 1410. The predicted molar refractivity (Wildman–Crippen MR) is 140 cm³/mol. The maximum atomic E-state index is 13.1. The maximum Gasteiger partial charge on any atom is 0.419 e. The molecule has 4 heterocycles. The van der Waals surface area contributed by atoms with Crippen molar-refractivity contribution in [2.45, 2.75) is 12.6 Å². The Hall–Kier alpha value is -3.29. The van der Waals surface area contributed by atoms with Crippen molar-refractivity contribution in [1.29, 1.82) is 10.8 Å². The summed E-state index contributed by atoms with van der Waals surface area (Å²) in [5, 5.41) is 17.7. The van der Waals surface area contributed by atoms with Gasteiger partial charge in [-0.2, -0.15) is 13.2 Å². The number of hydrogen-bond acceptors (Lipinski definition) is 9. The van der Waals surface area contributed by atoms with Gasteiger partial charge in [0.15, 0.2) is 11.8 Å². The molecular weight excluding hydrogens is 578 g/mol. The first-order valence-corrected chi connectivity index (χ1v) is 13.2. The van der Waals surface area contributed by atoms with Gasteiger partial charge < -0.3 is 14.5 Å². The average Bonchev–Trinajstić information content (AvgIpc) is 3.53. The minimum Gasteiger partial charge on any atom is -0.429 e. The first-order valence-electron chi connectivity index (χ1n) is 11.5. The number of thiazole rings is 1. The molecular formula is C24H20Cl2F3N7O2S. The van der Waals surface area contributed by atoms with Gasteiger partial charge in [-0.1, -0.05) is 29.3 Å². The number of benzene rings is 1. The number of rotatable bonds is 5. The molecule has 2 saturated heterocycles. The third-order valence-electron chi connectivity index (χ3n) is 6.74. The van der Waals surface area contributed by atoms with Gasteiger partial charge in [0.2, 0.25) is 5.95 Å². The van der Waals surface area contributed by atoms with Gasteiger partial charge in [-0.25, -0.2) is 9.97 Å². The molecule has 1 aromatic carbocycles. The lowest BCUT2D eigenvalue weighted by molar-refractivity contribution is -0.138. The molecule has 9 nitrogen and oxygen atoms in total. The fraction of sp³-hybridized carbons (Fsp3) is 0.333. The highest BCUT2D eigenvalue weighted by Crippen LogP contribution is 2.46. The molecule has 3 aromatic rings. The van der Waals surface area contributed by atoms with E-state index in [1.165, 1.54) is 17.5 Å². The lowest BCUT2D eigenvalue weighted by Gasteiger charge is -2.50. The van der Waals surface area contributed by atoms with E-state index in [-0.39, 0.29) is 43.2 Å². The lowest BCUT2D eigenvalue weighted by atomic mass is 9.71. The number of anilines is 1. The van der Waals surface area contributed by atoms with Crippen LogP contribution >= 0.6 is 34.5 Å². The number of nitrogens with zero attached hydrogens (tertiary/aromatic N) is 5. The standard InChI is InChI=1S/C24H20Cl2F3N7O2S/c25-16-2-1-13(3-17(16)26)4-19(30)38-20(31)15-8-35(21(37)18-7-32-12-39-18)9-23(15)10-36(11-23)22-33-5-14(6-34-22)24(27,28)29/h1-3,5-7,12,15,30-31H,4,8-11H2. The zero-order valence-corrected chi connectivity index (χ0v) is 22.3. The van der Waals surface area contributed by atoms with Crippen LogP contribution in [0, 0.1) is 22.2 Å². The number of ether oxygens (including phenoxy) is 1. The van der Waals surface area contributed by atoms with Crippen molar-refractivity contribution in [3.63, 3.8) is 0 Å². The zero-order valence-electron chi connectivity index (χ0n) is 20.0. The summed E-state index contributed by atoms with van der Waals surface area (Å²) in [7, 11) is 0. The van der Waals surface area contributed by atoms with Crippen molar-refractivity contribution in [3.8, 4) is 0 Å². The summed E-state index contributed by atoms with van der Waals surface area (Å²) in [6.45, 7) is 1.05. The lowest BCUT2D eigenvalue weighted by Crippen LogP contribution is -2.62. The summed E-state index contributed by atoms with van der Waals surface area (Å²) < 4.78 is 44.3.